The Hall–Kier alpha value is -2.89. The fraction of sp³-hybridized carbons (Fsp3) is 0. The minimum absolute atomic E-state index is 0.320. The summed E-state index contributed by atoms with van der Waals surface area (Å²) < 4.78 is 0. The van der Waals surface area contributed by atoms with Gasteiger partial charge in [0.25, 0.3) is 0 Å². The van der Waals surface area contributed by atoms with Gasteiger partial charge in [-0.05, 0) is 35.0 Å². The summed E-state index contributed by atoms with van der Waals surface area (Å²) >= 11 is 0. The lowest BCUT2D eigenvalue weighted by molar-refractivity contribution is 0.0518. The molecule has 0 aliphatic heterocycles. The highest BCUT2D eigenvalue weighted by Crippen LogP contribution is 2.11. The summed E-state index contributed by atoms with van der Waals surface area (Å²) in [5.41, 5.74) is 1.33. The van der Waals surface area contributed by atoms with Crippen LogP contribution in [0.15, 0.2) is 59.1 Å². The third kappa shape index (κ3) is 3.53. The molecular formula is C13H9N3O3. The smallest absolute Gasteiger partial charge is 0.313 e. The molecule has 0 amide bonds. The van der Waals surface area contributed by atoms with Gasteiger partial charge in [0.2, 0.25) is 0 Å². The van der Waals surface area contributed by atoms with Crippen molar-refractivity contribution in [2.24, 2.45) is 10.3 Å². The maximum Gasteiger partial charge on any atom is 0.367 e. The number of benzene rings is 1. The topological polar surface area (TPSA) is 81.0 Å². The predicted octanol–water partition coefficient (Wildman–Crippen LogP) is 2.67. The Balaban J connectivity index is 1.96. The van der Waals surface area contributed by atoms with Gasteiger partial charge < -0.3 is 4.84 Å². The van der Waals surface area contributed by atoms with E-state index in [1.54, 1.807) is 30.5 Å². The second-order valence-electron chi connectivity index (χ2n) is 3.54. The first-order chi connectivity index (χ1) is 9.29. The van der Waals surface area contributed by atoms with Crippen LogP contribution in [0.3, 0.4) is 0 Å². The van der Waals surface area contributed by atoms with Crippen molar-refractivity contribution in [1.29, 1.82) is 0 Å². The first-order valence-electron chi connectivity index (χ1n) is 5.38. The minimum atomic E-state index is -0.587. The molecule has 94 valence electrons. The average Bonchev–Trinajstić information content (AvgIpc) is 2.49. The van der Waals surface area contributed by atoms with Crippen molar-refractivity contribution in [2.45, 2.75) is 0 Å². The van der Waals surface area contributed by atoms with E-state index in [4.69, 9.17) is 4.84 Å². The fourth-order valence-corrected chi connectivity index (χ4v) is 1.29. The lowest BCUT2D eigenvalue weighted by Crippen LogP contribution is -2.01. The largest absolute Gasteiger partial charge is 0.367 e. The average molecular weight is 255 g/mol. The van der Waals surface area contributed by atoms with Gasteiger partial charge in [0.15, 0.2) is 0 Å². The van der Waals surface area contributed by atoms with Crippen LogP contribution in [-0.2, 0) is 4.84 Å². The van der Waals surface area contributed by atoms with Crippen molar-refractivity contribution in [1.82, 2.24) is 4.98 Å². The van der Waals surface area contributed by atoms with Crippen molar-refractivity contribution < 1.29 is 9.63 Å². The first kappa shape index (κ1) is 12.6. The van der Waals surface area contributed by atoms with Crippen LogP contribution in [0.25, 0.3) is 0 Å². The summed E-state index contributed by atoms with van der Waals surface area (Å²) in [6.45, 7) is 0. The lowest BCUT2D eigenvalue weighted by atomic mass is 10.2. The highest BCUT2D eigenvalue weighted by Gasteiger charge is 2.05. The molecule has 6 heteroatoms. The van der Waals surface area contributed by atoms with E-state index >= 15 is 0 Å². The summed E-state index contributed by atoms with van der Waals surface area (Å²) in [6, 6.07) is 9.56. The monoisotopic (exact) mass is 255 g/mol. The maximum atomic E-state index is 11.5. The van der Waals surface area contributed by atoms with E-state index in [1.165, 1.54) is 24.5 Å². The zero-order valence-corrected chi connectivity index (χ0v) is 9.76. The van der Waals surface area contributed by atoms with Gasteiger partial charge in [-0.3, -0.25) is 4.98 Å². The van der Waals surface area contributed by atoms with E-state index in [1.807, 2.05) is 0 Å². The van der Waals surface area contributed by atoms with Crippen LogP contribution >= 0.6 is 0 Å². The van der Waals surface area contributed by atoms with Crippen LogP contribution < -0.4 is 0 Å². The number of nitroso groups, excluding NO2 is 1. The van der Waals surface area contributed by atoms with Crippen LogP contribution in [0.4, 0.5) is 5.69 Å². The molecule has 0 saturated heterocycles. The normalized spacial score (nSPS) is 10.3. The Kier molecular flexibility index (Phi) is 4.07. The standard InChI is InChI=1S/C13H9N3O3/c17-13(11-2-1-7-14-9-11)19-15-8-10-3-5-12(16-18)6-4-10/h1-9H/b15-8+. The first-order valence-corrected chi connectivity index (χ1v) is 5.38. The van der Waals surface area contributed by atoms with Gasteiger partial charge in [-0.1, -0.05) is 17.3 Å². The molecular weight excluding hydrogens is 246 g/mol. The molecule has 0 fully saturated rings. The molecule has 1 aromatic carbocycles. The molecule has 2 rings (SSSR count). The van der Waals surface area contributed by atoms with Crippen LogP contribution in [0.1, 0.15) is 15.9 Å². The quantitative estimate of drug-likeness (QED) is 0.364. The third-order valence-corrected chi connectivity index (χ3v) is 2.23. The van der Waals surface area contributed by atoms with E-state index < -0.39 is 5.97 Å². The highest BCUT2D eigenvalue weighted by atomic mass is 16.7. The summed E-state index contributed by atoms with van der Waals surface area (Å²) in [5, 5.41) is 6.34. The second-order valence-corrected chi connectivity index (χ2v) is 3.54. The number of nitrogens with zero attached hydrogens (tertiary/aromatic N) is 3. The number of carbonyl (C=O) groups excluding carboxylic acids is 1. The van der Waals surface area contributed by atoms with Crippen molar-refractivity contribution in [3.63, 3.8) is 0 Å². The Morgan fingerprint density at radius 1 is 1.21 bits per heavy atom. The number of rotatable bonds is 4. The Labute approximate surface area is 108 Å². The van der Waals surface area contributed by atoms with E-state index in [9.17, 15) is 9.70 Å². The molecule has 1 aromatic heterocycles. The molecule has 0 saturated carbocycles. The summed E-state index contributed by atoms with van der Waals surface area (Å²) in [5.74, 6) is -0.587. The maximum absolute atomic E-state index is 11.5. The molecule has 0 atom stereocenters. The fourth-order valence-electron chi connectivity index (χ4n) is 1.29. The number of pyridine rings is 1. The molecule has 6 nitrogen and oxygen atoms in total. The third-order valence-electron chi connectivity index (χ3n) is 2.23. The van der Waals surface area contributed by atoms with Gasteiger partial charge >= 0.3 is 5.97 Å². The number of carbonyl (C=O) groups is 1. The van der Waals surface area contributed by atoms with E-state index in [-0.39, 0.29) is 0 Å². The summed E-state index contributed by atoms with van der Waals surface area (Å²) in [7, 11) is 0. The molecule has 0 aliphatic carbocycles. The molecule has 0 radical (unpaired) electrons. The second kappa shape index (κ2) is 6.15. The lowest BCUT2D eigenvalue weighted by Gasteiger charge is -1.96. The van der Waals surface area contributed by atoms with Gasteiger partial charge in [-0.25, -0.2) is 4.79 Å². The molecule has 0 aliphatic rings. The minimum Gasteiger partial charge on any atom is -0.313 e. The van der Waals surface area contributed by atoms with Gasteiger partial charge in [0.1, 0.15) is 5.69 Å². The highest BCUT2D eigenvalue weighted by molar-refractivity contribution is 5.89. The van der Waals surface area contributed by atoms with Crippen molar-refractivity contribution in [2.75, 3.05) is 0 Å². The van der Waals surface area contributed by atoms with E-state index in [2.05, 4.69) is 15.3 Å². The molecule has 19 heavy (non-hydrogen) atoms. The van der Waals surface area contributed by atoms with E-state index in [0.29, 0.717) is 16.8 Å². The van der Waals surface area contributed by atoms with E-state index in [0.717, 1.165) is 0 Å². The van der Waals surface area contributed by atoms with Gasteiger partial charge in [-0.2, -0.15) is 0 Å². The summed E-state index contributed by atoms with van der Waals surface area (Å²) in [4.78, 5) is 30.2. The molecule has 0 N–H and O–H groups in total. The Morgan fingerprint density at radius 3 is 2.63 bits per heavy atom. The Bertz CT molecular complexity index is 594. The van der Waals surface area contributed by atoms with Crippen molar-refractivity contribution in [3.8, 4) is 0 Å². The zero-order valence-electron chi connectivity index (χ0n) is 9.76. The van der Waals surface area contributed by atoms with Crippen LogP contribution in [-0.4, -0.2) is 17.2 Å². The number of hydrogen-bond acceptors (Lipinski definition) is 6. The summed E-state index contributed by atoms with van der Waals surface area (Å²) in [6.07, 6.45) is 4.31. The van der Waals surface area contributed by atoms with Gasteiger partial charge in [0.05, 0.1) is 11.8 Å². The van der Waals surface area contributed by atoms with Gasteiger partial charge in [-0.15, -0.1) is 4.91 Å². The van der Waals surface area contributed by atoms with Crippen LogP contribution in [0.2, 0.25) is 0 Å². The molecule has 1 heterocycles. The van der Waals surface area contributed by atoms with Crippen molar-refractivity contribution >= 4 is 17.9 Å². The van der Waals surface area contributed by atoms with Crippen molar-refractivity contribution in [3.05, 3.63) is 64.8 Å². The Morgan fingerprint density at radius 2 is 2.00 bits per heavy atom. The molecule has 0 bridgehead atoms. The molecule has 0 unspecified atom stereocenters. The van der Waals surface area contributed by atoms with Gasteiger partial charge in [0, 0.05) is 12.4 Å². The zero-order chi connectivity index (χ0) is 13.5. The predicted molar refractivity (Wildman–Crippen MR) is 69.1 cm³/mol. The number of hydrogen-bond donors (Lipinski definition) is 0. The molecule has 0 spiro atoms. The number of oxime groups is 1. The van der Waals surface area contributed by atoms with Crippen LogP contribution in [0.5, 0.6) is 0 Å². The number of aromatic nitrogens is 1. The van der Waals surface area contributed by atoms with Crippen LogP contribution in [0, 0.1) is 4.91 Å². The SMILES string of the molecule is O=Nc1ccc(/C=N/OC(=O)c2cccnc2)cc1. The molecule has 2 aromatic rings.